The smallest absolute Gasteiger partial charge is 0.293 e. The van der Waals surface area contributed by atoms with Crippen LogP contribution in [0, 0.1) is 0 Å². The summed E-state index contributed by atoms with van der Waals surface area (Å²) in [5.41, 5.74) is 5.90. The monoisotopic (exact) mass is 482 g/mol. The molecule has 33 heavy (non-hydrogen) atoms. The molecule has 1 amide bonds. The molecule has 1 aromatic carbocycles. The zero-order valence-corrected chi connectivity index (χ0v) is 21.2. The van der Waals surface area contributed by atoms with E-state index in [0.717, 1.165) is 36.2 Å². The number of hydrogen-bond donors (Lipinski definition) is 0. The first kappa shape index (κ1) is 23.8. The van der Waals surface area contributed by atoms with Gasteiger partial charge in [0.1, 0.15) is 6.26 Å². The lowest BCUT2D eigenvalue weighted by atomic mass is 9.69. The summed E-state index contributed by atoms with van der Waals surface area (Å²) in [7, 11) is 0. The molecular formula is C26H30N2O3S2. The van der Waals surface area contributed by atoms with Crippen LogP contribution < -0.4 is 4.90 Å². The van der Waals surface area contributed by atoms with Gasteiger partial charge in [0.2, 0.25) is 0 Å². The molecule has 1 aromatic rings. The number of thiocarbonyl (C=S) groups is 1. The van der Waals surface area contributed by atoms with E-state index in [2.05, 4.69) is 62.3 Å². The standard InChI is InChI=1S/C26H30N2O3S2/c1-6-30-31-28-23(29)21(33-24(28)32)11-9-7-8-10-18-16-19-22-20(17-18)26(4,5)13-15-27(22)14-12-25(19,2)3/h6-11,16-17H,1,12-15H2,2-5H3/b9-7+,10-8+,21-11+. The normalized spacial score (nSPS) is 22.5. The average molecular weight is 483 g/mol. The molecule has 0 radical (unpaired) electrons. The third kappa shape index (κ3) is 4.67. The van der Waals surface area contributed by atoms with Crippen LogP contribution >= 0.6 is 24.0 Å². The number of hydrogen-bond acceptors (Lipinski definition) is 6. The van der Waals surface area contributed by atoms with Gasteiger partial charge < -0.3 is 9.79 Å². The van der Waals surface area contributed by atoms with Crippen LogP contribution in [0.15, 0.2) is 54.2 Å². The molecule has 1 fully saturated rings. The van der Waals surface area contributed by atoms with Crippen molar-refractivity contribution in [2.75, 3.05) is 18.0 Å². The van der Waals surface area contributed by atoms with Gasteiger partial charge in [0.25, 0.3) is 5.91 Å². The first-order valence-corrected chi connectivity index (χ1v) is 12.4. The topological polar surface area (TPSA) is 42.0 Å². The summed E-state index contributed by atoms with van der Waals surface area (Å²) in [5.74, 6) is -0.358. The van der Waals surface area contributed by atoms with E-state index >= 15 is 0 Å². The number of rotatable bonds is 6. The molecule has 0 aliphatic carbocycles. The predicted octanol–water partition coefficient (Wildman–Crippen LogP) is 6.18. The Bertz CT molecular complexity index is 1040. The van der Waals surface area contributed by atoms with Gasteiger partial charge in [-0.1, -0.05) is 75.3 Å². The number of carbonyl (C=O) groups is 1. The number of hydroxylamine groups is 2. The summed E-state index contributed by atoms with van der Waals surface area (Å²) in [6.07, 6.45) is 13.0. The van der Waals surface area contributed by atoms with E-state index in [4.69, 9.17) is 17.2 Å². The second-order valence-electron chi connectivity index (χ2n) is 9.80. The maximum absolute atomic E-state index is 12.3. The van der Waals surface area contributed by atoms with E-state index in [-0.39, 0.29) is 21.1 Å². The predicted molar refractivity (Wildman–Crippen MR) is 140 cm³/mol. The van der Waals surface area contributed by atoms with Crippen molar-refractivity contribution in [1.29, 1.82) is 0 Å². The number of benzene rings is 1. The number of anilines is 1. The molecule has 174 valence electrons. The van der Waals surface area contributed by atoms with Gasteiger partial charge in [0.05, 0.1) is 4.91 Å². The fraction of sp³-hybridized carbons (Fsp3) is 0.385. The van der Waals surface area contributed by atoms with E-state index in [1.54, 1.807) is 6.08 Å². The molecule has 0 saturated carbocycles. The van der Waals surface area contributed by atoms with E-state index < -0.39 is 0 Å². The number of thioether (sulfide) groups is 1. The fourth-order valence-electron chi connectivity index (χ4n) is 4.54. The first-order chi connectivity index (χ1) is 15.6. The minimum Gasteiger partial charge on any atom is -0.371 e. The number of nitrogens with zero attached hydrogens (tertiary/aromatic N) is 2. The Morgan fingerprint density at radius 1 is 1.06 bits per heavy atom. The minimum atomic E-state index is -0.358. The highest BCUT2D eigenvalue weighted by molar-refractivity contribution is 8.26. The Morgan fingerprint density at radius 2 is 1.70 bits per heavy atom. The van der Waals surface area contributed by atoms with Crippen molar-refractivity contribution in [3.63, 3.8) is 0 Å². The van der Waals surface area contributed by atoms with Gasteiger partial charge in [0.15, 0.2) is 4.32 Å². The number of carbonyl (C=O) groups excluding carboxylic acids is 1. The van der Waals surface area contributed by atoms with Crippen molar-refractivity contribution in [3.8, 4) is 0 Å². The third-order valence-electron chi connectivity index (χ3n) is 6.62. The van der Waals surface area contributed by atoms with Crippen LogP contribution in [0.3, 0.4) is 0 Å². The van der Waals surface area contributed by atoms with Gasteiger partial charge in [-0.05, 0) is 70.8 Å². The highest BCUT2D eigenvalue weighted by Crippen LogP contribution is 2.49. The van der Waals surface area contributed by atoms with E-state index in [1.165, 1.54) is 35.2 Å². The average Bonchev–Trinajstić information content (AvgIpc) is 3.03. The second-order valence-corrected chi connectivity index (χ2v) is 11.5. The van der Waals surface area contributed by atoms with Crippen LogP contribution in [0.1, 0.15) is 57.2 Å². The summed E-state index contributed by atoms with van der Waals surface area (Å²) in [5, 5.41) is 0.933. The molecule has 1 saturated heterocycles. The highest BCUT2D eigenvalue weighted by atomic mass is 32.2. The fourth-order valence-corrected chi connectivity index (χ4v) is 5.62. The van der Waals surface area contributed by atoms with Crippen LogP contribution in [-0.2, 0) is 25.5 Å². The summed E-state index contributed by atoms with van der Waals surface area (Å²) < 4.78 is 0.277. The summed E-state index contributed by atoms with van der Waals surface area (Å²) in [6.45, 7) is 15.1. The lowest BCUT2D eigenvalue weighted by Crippen LogP contribution is -2.44. The molecule has 3 aliphatic heterocycles. The van der Waals surface area contributed by atoms with Crippen LogP contribution in [0.5, 0.6) is 0 Å². The lowest BCUT2D eigenvalue weighted by Gasteiger charge is -2.48. The molecular weight excluding hydrogens is 452 g/mol. The van der Waals surface area contributed by atoms with Crippen molar-refractivity contribution in [2.45, 2.75) is 51.4 Å². The van der Waals surface area contributed by atoms with Gasteiger partial charge >= 0.3 is 0 Å². The lowest BCUT2D eigenvalue weighted by molar-refractivity contribution is -0.350. The molecule has 0 spiro atoms. The summed E-state index contributed by atoms with van der Waals surface area (Å²) >= 11 is 6.31. The Kier molecular flexibility index (Phi) is 6.58. The largest absolute Gasteiger partial charge is 0.371 e. The highest BCUT2D eigenvalue weighted by Gasteiger charge is 2.39. The SMILES string of the molecule is C=COON1C(=O)\C(=C/C=C/C=C/c2cc3c4c(c2)C(C)(C)CCN4CCC3(C)C)SC1=S. The molecule has 3 heterocycles. The van der Waals surface area contributed by atoms with Crippen molar-refractivity contribution in [2.24, 2.45) is 0 Å². The van der Waals surface area contributed by atoms with E-state index in [9.17, 15) is 4.79 Å². The van der Waals surface area contributed by atoms with Gasteiger partial charge in [0, 0.05) is 18.8 Å². The summed E-state index contributed by atoms with van der Waals surface area (Å²) in [4.78, 5) is 24.8. The number of allylic oxidation sites excluding steroid dienone is 4. The Hall–Kier alpha value is -2.35. The Labute approximate surface area is 205 Å². The summed E-state index contributed by atoms with van der Waals surface area (Å²) in [6, 6.07) is 4.69. The van der Waals surface area contributed by atoms with Gasteiger partial charge in [-0.3, -0.25) is 4.79 Å². The van der Waals surface area contributed by atoms with Crippen LogP contribution in [-0.4, -0.2) is 28.4 Å². The van der Waals surface area contributed by atoms with Crippen LogP contribution in [0.2, 0.25) is 0 Å². The molecule has 0 N–H and O–H groups in total. The Balaban J connectivity index is 1.54. The minimum absolute atomic E-state index is 0.167. The molecule has 3 aliphatic rings. The van der Waals surface area contributed by atoms with Gasteiger partial charge in [-0.15, -0.1) is 5.06 Å². The molecule has 0 aromatic heterocycles. The maximum atomic E-state index is 12.3. The van der Waals surface area contributed by atoms with Crippen molar-refractivity contribution >= 4 is 46.0 Å². The van der Waals surface area contributed by atoms with Gasteiger partial charge in [-0.25, -0.2) is 0 Å². The van der Waals surface area contributed by atoms with Crippen LogP contribution in [0.4, 0.5) is 5.69 Å². The quantitative estimate of drug-likeness (QED) is 0.121. The maximum Gasteiger partial charge on any atom is 0.293 e. The second kappa shape index (κ2) is 9.12. The zero-order chi connectivity index (χ0) is 23.8. The molecule has 7 heteroatoms. The molecule has 0 unspecified atom stereocenters. The first-order valence-electron chi connectivity index (χ1n) is 11.1. The molecule has 0 bridgehead atoms. The molecule has 0 atom stereocenters. The van der Waals surface area contributed by atoms with Crippen LogP contribution in [0.25, 0.3) is 6.08 Å². The Morgan fingerprint density at radius 3 is 2.30 bits per heavy atom. The number of amides is 1. The van der Waals surface area contributed by atoms with E-state index in [0.29, 0.717) is 4.91 Å². The van der Waals surface area contributed by atoms with Gasteiger partial charge in [-0.2, -0.15) is 0 Å². The zero-order valence-electron chi connectivity index (χ0n) is 19.6. The van der Waals surface area contributed by atoms with Crippen molar-refractivity contribution in [1.82, 2.24) is 5.06 Å². The van der Waals surface area contributed by atoms with Crippen molar-refractivity contribution < 1.29 is 14.7 Å². The van der Waals surface area contributed by atoms with Crippen molar-refractivity contribution in [3.05, 3.63) is 70.9 Å². The van der Waals surface area contributed by atoms with E-state index in [1.807, 2.05) is 18.2 Å². The molecule has 5 nitrogen and oxygen atoms in total. The molecule has 4 rings (SSSR count). The third-order valence-corrected chi connectivity index (χ3v) is 7.91.